The average molecular weight is 382 g/mol. The van der Waals surface area contributed by atoms with Gasteiger partial charge < -0.3 is 19.9 Å². The smallest absolute Gasteiger partial charge is 0.497 e. The van der Waals surface area contributed by atoms with Gasteiger partial charge in [-0.25, -0.2) is 4.39 Å². The van der Waals surface area contributed by atoms with Crippen molar-refractivity contribution in [2.45, 2.75) is 6.36 Å². The van der Waals surface area contributed by atoms with Crippen molar-refractivity contribution in [3.8, 4) is 28.4 Å². The zero-order chi connectivity index (χ0) is 17.7. The Balaban J connectivity index is 0.00000312. The van der Waals surface area contributed by atoms with Crippen LogP contribution in [-0.2, 0) is 0 Å². The summed E-state index contributed by atoms with van der Waals surface area (Å²) in [4.78, 5) is 0. The van der Waals surface area contributed by atoms with Gasteiger partial charge in [-0.05, 0) is 35.9 Å². The van der Waals surface area contributed by atoms with Crippen LogP contribution >= 0.6 is 12.4 Å². The van der Waals surface area contributed by atoms with Crippen LogP contribution in [0.4, 0.5) is 17.6 Å². The highest BCUT2D eigenvalue weighted by Crippen LogP contribution is 2.37. The van der Waals surface area contributed by atoms with Crippen LogP contribution in [0.2, 0.25) is 0 Å². The monoisotopic (exact) mass is 381 g/mol. The third-order valence-electron chi connectivity index (χ3n) is 3.03. The summed E-state index contributed by atoms with van der Waals surface area (Å²) in [5, 5.41) is 0. The van der Waals surface area contributed by atoms with Crippen LogP contribution in [0.15, 0.2) is 36.4 Å². The Kier molecular flexibility index (Phi) is 7.32. The first-order valence-corrected chi connectivity index (χ1v) is 6.90. The molecule has 9 heteroatoms. The molecule has 0 amide bonds. The van der Waals surface area contributed by atoms with Crippen LogP contribution in [0.1, 0.15) is 0 Å². The summed E-state index contributed by atoms with van der Waals surface area (Å²) >= 11 is 0. The number of alkyl halides is 3. The number of rotatable bonds is 6. The van der Waals surface area contributed by atoms with Crippen molar-refractivity contribution in [2.75, 3.05) is 20.3 Å². The molecule has 0 saturated carbocycles. The molecule has 0 aliphatic carbocycles. The number of hydrogen-bond donors (Lipinski definition) is 1. The van der Waals surface area contributed by atoms with Crippen LogP contribution in [0.3, 0.4) is 0 Å². The molecule has 0 radical (unpaired) electrons. The molecular weight excluding hydrogens is 366 g/mol. The number of ether oxygens (including phenoxy) is 3. The van der Waals surface area contributed by atoms with E-state index in [0.717, 1.165) is 6.07 Å². The molecule has 0 aliphatic heterocycles. The predicted octanol–water partition coefficient (Wildman–Crippen LogP) is 4.16. The number of nitrogens with two attached hydrogens (primary N) is 1. The molecule has 0 fully saturated rings. The molecule has 2 aromatic rings. The maximum atomic E-state index is 14.0. The molecule has 0 saturated heterocycles. The van der Waals surface area contributed by atoms with E-state index in [4.69, 9.17) is 15.2 Å². The maximum Gasteiger partial charge on any atom is 0.573 e. The third kappa shape index (κ3) is 5.68. The fourth-order valence-electron chi connectivity index (χ4n) is 2.02. The number of methoxy groups -OCH3 is 1. The van der Waals surface area contributed by atoms with Gasteiger partial charge in [0.15, 0.2) is 11.5 Å². The second-order valence-electron chi connectivity index (χ2n) is 4.69. The average Bonchev–Trinajstić information content (AvgIpc) is 2.53. The molecule has 2 N–H and O–H groups in total. The van der Waals surface area contributed by atoms with E-state index in [2.05, 4.69) is 4.74 Å². The molecule has 2 aromatic carbocycles. The van der Waals surface area contributed by atoms with Gasteiger partial charge in [0.2, 0.25) is 0 Å². The fourth-order valence-corrected chi connectivity index (χ4v) is 2.02. The highest BCUT2D eigenvalue weighted by molar-refractivity contribution is 5.85. The predicted molar refractivity (Wildman–Crippen MR) is 86.9 cm³/mol. The molecule has 0 spiro atoms. The number of halogens is 5. The van der Waals surface area contributed by atoms with Gasteiger partial charge in [0.25, 0.3) is 0 Å². The van der Waals surface area contributed by atoms with Crippen LogP contribution < -0.4 is 19.9 Å². The second-order valence-corrected chi connectivity index (χ2v) is 4.69. The van der Waals surface area contributed by atoms with E-state index in [1.807, 2.05) is 0 Å². The molecule has 0 aliphatic rings. The van der Waals surface area contributed by atoms with E-state index in [9.17, 15) is 17.6 Å². The first-order chi connectivity index (χ1) is 11.3. The summed E-state index contributed by atoms with van der Waals surface area (Å²) in [5.74, 6) is -0.850. The largest absolute Gasteiger partial charge is 0.573 e. The van der Waals surface area contributed by atoms with Crippen molar-refractivity contribution in [1.29, 1.82) is 0 Å². The first-order valence-electron chi connectivity index (χ1n) is 6.90. The molecule has 25 heavy (non-hydrogen) atoms. The highest BCUT2D eigenvalue weighted by Gasteiger charge is 2.32. The van der Waals surface area contributed by atoms with Crippen LogP contribution in [0.5, 0.6) is 17.2 Å². The fraction of sp³-hybridized carbons (Fsp3) is 0.250. The Morgan fingerprint density at radius 3 is 2.36 bits per heavy atom. The van der Waals surface area contributed by atoms with E-state index in [1.54, 1.807) is 0 Å². The lowest BCUT2D eigenvalue weighted by molar-refractivity contribution is -0.275. The molecule has 0 bridgehead atoms. The topological polar surface area (TPSA) is 53.7 Å². The van der Waals surface area contributed by atoms with Crippen molar-refractivity contribution in [2.24, 2.45) is 5.73 Å². The van der Waals surface area contributed by atoms with E-state index in [-0.39, 0.29) is 36.9 Å². The van der Waals surface area contributed by atoms with Gasteiger partial charge in [-0.3, -0.25) is 0 Å². The molecule has 4 nitrogen and oxygen atoms in total. The molecule has 2 rings (SSSR count). The summed E-state index contributed by atoms with van der Waals surface area (Å²) in [5.41, 5.74) is 5.77. The Bertz CT molecular complexity index is 710. The van der Waals surface area contributed by atoms with Gasteiger partial charge in [-0.15, -0.1) is 25.6 Å². The minimum atomic E-state index is -4.87. The SMILES string of the molecule is COc1ccc(F)c(-c2ccc(OC(F)(F)F)c(OCCN)c2)c1.Cl. The van der Waals surface area contributed by atoms with Crippen LogP contribution in [0, 0.1) is 5.82 Å². The van der Waals surface area contributed by atoms with E-state index in [1.165, 1.54) is 37.4 Å². The van der Waals surface area contributed by atoms with Gasteiger partial charge in [0.1, 0.15) is 18.2 Å². The normalized spacial score (nSPS) is 10.8. The van der Waals surface area contributed by atoms with Gasteiger partial charge in [-0.2, -0.15) is 0 Å². The third-order valence-corrected chi connectivity index (χ3v) is 3.03. The lowest BCUT2D eigenvalue weighted by atomic mass is 10.0. The minimum Gasteiger partial charge on any atom is -0.497 e. The molecule has 0 unspecified atom stereocenters. The minimum absolute atomic E-state index is 0. The van der Waals surface area contributed by atoms with Gasteiger partial charge in [-0.1, -0.05) is 6.07 Å². The Hall–Kier alpha value is -2.19. The van der Waals surface area contributed by atoms with E-state index >= 15 is 0 Å². The van der Waals surface area contributed by atoms with Crippen molar-refractivity contribution in [3.63, 3.8) is 0 Å². The number of hydrogen-bond acceptors (Lipinski definition) is 4. The lowest BCUT2D eigenvalue weighted by Crippen LogP contribution is -2.18. The Morgan fingerprint density at radius 2 is 1.76 bits per heavy atom. The summed E-state index contributed by atoms with van der Waals surface area (Å²) in [6.07, 6.45) is -4.87. The van der Waals surface area contributed by atoms with E-state index < -0.39 is 17.9 Å². The summed E-state index contributed by atoms with van der Waals surface area (Å²) in [6, 6.07) is 7.69. The molecule has 138 valence electrons. The molecule has 0 atom stereocenters. The van der Waals surface area contributed by atoms with Crippen LogP contribution in [0.25, 0.3) is 11.1 Å². The summed E-state index contributed by atoms with van der Waals surface area (Å²) < 4.78 is 65.5. The van der Waals surface area contributed by atoms with Gasteiger partial charge >= 0.3 is 6.36 Å². The Labute approximate surface area is 147 Å². The zero-order valence-electron chi connectivity index (χ0n) is 13.1. The van der Waals surface area contributed by atoms with Crippen molar-refractivity contribution >= 4 is 12.4 Å². The van der Waals surface area contributed by atoms with Crippen LogP contribution in [-0.4, -0.2) is 26.6 Å². The van der Waals surface area contributed by atoms with Gasteiger partial charge in [0.05, 0.1) is 7.11 Å². The van der Waals surface area contributed by atoms with Gasteiger partial charge in [0, 0.05) is 12.1 Å². The summed E-state index contributed by atoms with van der Waals surface area (Å²) in [7, 11) is 1.42. The van der Waals surface area contributed by atoms with Crippen molar-refractivity contribution in [3.05, 3.63) is 42.2 Å². The van der Waals surface area contributed by atoms with E-state index in [0.29, 0.717) is 11.3 Å². The Morgan fingerprint density at radius 1 is 1.04 bits per heavy atom. The zero-order valence-corrected chi connectivity index (χ0v) is 13.9. The number of benzene rings is 2. The standard InChI is InChI=1S/C16H15F4NO3.ClH/c1-22-11-3-4-13(17)12(9-11)10-2-5-14(24-16(18,19)20)15(8-10)23-7-6-21;/h2-5,8-9H,6-7,21H2,1H3;1H. The maximum absolute atomic E-state index is 14.0. The van der Waals surface area contributed by atoms with Crippen molar-refractivity contribution in [1.82, 2.24) is 0 Å². The molecular formula is C16H16ClF4NO3. The quantitative estimate of drug-likeness (QED) is 0.763. The molecule has 0 heterocycles. The molecule has 0 aromatic heterocycles. The summed E-state index contributed by atoms with van der Waals surface area (Å²) in [6.45, 7) is 0.0848. The first kappa shape index (κ1) is 20.9. The second kappa shape index (κ2) is 8.77. The van der Waals surface area contributed by atoms with Crippen molar-refractivity contribution < 1.29 is 31.8 Å². The lowest BCUT2D eigenvalue weighted by Gasteiger charge is -2.15. The highest BCUT2D eigenvalue weighted by atomic mass is 35.5.